The van der Waals surface area contributed by atoms with E-state index >= 15 is 0 Å². The van der Waals surface area contributed by atoms with Gasteiger partial charge in [0, 0.05) is 24.3 Å². The number of rotatable bonds is 3. The summed E-state index contributed by atoms with van der Waals surface area (Å²) in [5, 5.41) is 10.2. The predicted octanol–water partition coefficient (Wildman–Crippen LogP) is 2.76. The molecule has 0 bridgehead atoms. The van der Waals surface area contributed by atoms with Crippen LogP contribution in [-0.4, -0.2) is 38.5 Å². The number of nitrogens with zero attached hydrogens (tertiary/aromatic N) is 1. The molecule has 1 aliphatic heterocycles. The molecule has 1 aliphatic rings. The van der Waals surface area contributed by atoms with Gasteiger partial charge in [-0.15, -0.1) is 0 Å². The topological polar surface area (TPSA) is 41.9 Å². The molecule has 1 fully saturated rings. The fourth-order valence-corrected chi connectivity index (χ4v) is 2.67. The van der Waals surface area contributed by atoms with Gasteiger partial charge in [-0.2, -0.15) is 0 Å². The molecule has 1 N–H and O–H groups in total. The second-order valence-electron chi connectivity index (χ2n) is 5.71. The van der Waals surface area contributed by atoms with Crippen molar-refractivity contribution in [3.63, 3.8) is 0 Å². The van der Waals surface area contributed by atoms with E-state index in [1.165, 1.54) is 19.2 Å². The van der Waals surface area contributed by atoms with Gasteiger partial charge < -0.3 is 19.5 Å². The molecule has 1 heterocycles. The lowest BCUT2D eigenvalue weighted by atomic mass is 10.1. The highest BCUT2D eigenvalue weighted by molar-refractivity contribution is 5.49. The summed E-state index contributed by atoms with van der Waals surface area (Å²) < 4.78 is 23.9. The number of methoxy groups -OCH3 is 1. The summed E-state index contributed by atoms with van der Waals surface area (Å²) in [6.45, 7) is 3.19. The molecule has 3 rings (SSSR count). The molecule has 2 aromatic rings. The Balaban J connectivity index is 1.69. The molecule has 0 aromatic heterocycles. The maximum absolute atomic E-state index is 13.7. The Morgan fingerprint density at radius 2 is 1.88 bits per heavy atom. The van der Waals surface area contributed by atoms with Crippen molar-refractivity contribution in [3.05, 3.63) is 59.4 Å². The third-order valence-electron chi connectivity index (χ3n) is 4.09. The number of ether oxygens (including phenoxy) is 2. The van der Waals surface area contributed by atoms with E-state index in [4.69, 9.17) is 9.47 Å². The minimum Gasteiger partial charge on any atom is -0.494 e. The first-order chi connectivity index (χ1) is 12.2. The zero-order valence-electron chi connectivity index (χ0n) is 14.0. The maximum atomic E-state index is 13.7. The first-order valence-corrected chi connectivity index (χ1v) is 8.13. The Labute approximate surface area is 146 Å². The summed E-state index contributed by atoms with van der Waals surface area (Å²) >= 11 is 0. The second kappa shape index (κ2) is 8.02. The minimum absolute atomic E-state index is 0.171. The lowest BCUT2D eigenvalue weighted by molar-refractivity contribution is 0.122. The van der Waals surface area contributed by atoms with Crippen LogP contribution in [0.2, 0.25) is 0 Å². The number of aliphatic hydroxyl groups is 1. The van der Waals surface area contributed by atoms with Gasteiger partial charge >= 0.3 is 0 Å². The van der Waals surface area contributed by atoms with E-state index in [1.807, 2.05) is 24.3 Å². The van der Waals surface area contributed by atoms with Crippen molar-refractivity contribution in [2.75, 3.05) is 38.3 Å². The van der Waals surface area contributed by atoms with Gasteiger partial charge in [0.25, 0.3) is 0 Å². The van der Waals surface area contributed by atoms with E-state index in [2.05, 4.69) is 16.7 Å². The third kappa shape index (κ3) is 4.30. The molecule has 1 atom stereocenters. The number of hydrogen-bond donors (Lipinski definition) is 1. The van der Waals surface area contributed by atoms with Crippen LogP contribution in [0, 0.1) is 17.7 Å². The zero-order valence-corrected chi connectivity index (χ0v) is 14.0. The summed E-state index contributed by atoms with van der Waals surface area (Å²) in [7, 11) is 1.41. The number of halogens is 1. The van der Waals surface area contributed by atoms with Crippen LogP contribution < -0.4 is 9.64 Å². The van der Waals surface area contributed by atoms with Gasteiger partial charge in [-0.1, -0.05) is 24.0 Å². The molecule has 0 amide bonds. The van der Waals surface area contributed by atoms with Crippen LogP contribution >= 0.6 is 0 Å². The van der Waals surface area contributed by atoms with Crippen molar-refractivity contribution in [2.45, 2.75) is 6.10 Å². The van der Waals surface area contributed by atoms with Gasteiger partial charge in [-0.05, 0) is 35.9 Å². The fraction of sp³-hybridized carbons (Fsp3) is 0.300. The van der Waals surface area contributed by atoms with E-state index in [1.54, 1.807) is 6.07 Å². The van der Waals surface area contributed by atoms with Gasteiger partial charge in [0.15, 0.2) is 11.6 Å². The smallest absolute Gasteiger partial charge is 0.166 e. The molecule has 0 radical (unpaired) electrons. The number of benzene rings is 2. The Morgan fingerprint density at radius 3 is 2.52 bits per heavy atom. The molecule has 0 unspecified atom stereocenters. The van der Waals surface area contributed by atoms with E-state index < -0.39 is 11.9 Å². The van der Waals surface area contributed by atoms with Gasteiger partial charge in [-0.25, -0.2) is 4.39 Å². The van der Waals surface area contributed by atoms with Crippen molar-refractivity contribution < 1.29 is 19.0 Å². The lowest BCUT2D eigenvalue weighted by Gasteiger charge is -2.29. The van der Waals surface area contributed by atoms with Crippen molar-refractivity contribution in [1.29, 1.82) is 0 Å². The molecule has 0 spiro atoms. The molecular formula is C20H20FNO3. The van der Waals surface area contributed by atoms with Gasteiger partial charge in [0.05, 0.1) is 20.3 Å². The summed E-state index contributed by atoms with van der Waals surface area (Å²) in [6.07, 6.45) is -0.927. The summed E-state index contributed by atoms with van der Waals surface area (Å²) in [6, 6.07) is 12.1. The molecule has 0 aliphatic carbocycles. The van der Waals surface area contributed by atoms with Crippen molar-refractivity contribution in [3.8, 4) is 17.6 Å². The maximum Gasteiger partial charge on any atom is 0.166 e. The van der Waals surface area contributed by atoms with Gasteiger partial charge in [-0.3, -0.25) is 0 Å². The zero-order chi connectivity index (χ0) is 17.6. The van der Waals surface area contributed by atoms with Crippen molar-refractivity contribution >= 4 is 5.69 Å². The van der Waals surface area contributed by atoms with Crippen LogP contribution in [0.3, 0.4) is 0 Å². The van der Waals surface area contributed by atoms with Crippen molar-refractivity contribution in [2.24, 2.45) is 0 Å². The molecule has 5 heteroatoms. The number of anilines is 1. The summed E-state index contributed by atoms with van der Waals surface area (Å²) in [5.74, 6) is 5.23. The number of aliphatic hydroxyl groups excluding tert-OH is 1. The first kappa shape index (κ1) is 17.3. The normalized spacial score (nSPS) is 15.2. The first-order valence-electron chi connectivity index (χ1n) is 8.13. The Hall–Kier alpha value is -2.55. The van der Waals surface area contributed by atoms with E-state index in [9.17, 15) is 9.50 Å². The summed E-state index contributed by atoms with van der Waals surface area (Å²) in [4.78, 5) is 2.24. The average Bonchev–Trinajstić information content (AvgIpc) is 2.67. The third-order valence-corrected chi connectivity index (χ3v) is 4.09. The molecule has 2 aromatic carbocycles. The van der Waals surface area contributed by atoms with Gasteiger partial charge in [0.1, 0.15) is 6.10 Å². The standard InChI is InChI=1S/C20H20FNO3/c1-24-20-9-3-15(14-18(20)21)2-8-19(23)16-4-6-17(7-5-16)22-10-12-25-13-11-22/h3-7,9,14,19,23H,10-13H2,1H3/t19-/m1/s1. The second-order valence-corrected chi connectivity index (χ2v) is 5.71. The van der Waals surface area contributed by atoms with Crippen LogP contribution in [0.5, 0.6) is 5.75 Å². The van der Waals surface area contributed by atoms with E-state index in [0.29, 0.717) is 11.1 Å². The van der Waals surface area contributed by atoms with Crippen LogP contribution in [0.15, 0.2) is 42.5 Å². The Morgan fingerprint density at radius 1 is 1.16 bits per heavy atom. The predicted molar refractivity (Wildman–Crippen MR) is 94.3 cm³/mol. The van der Waals surface area contributed by atoms with E-state index in [0.717, 1.165) is 32.0 Å². The van der Waals surface area contributed by atoms with E-state index in [-0.39, 0.29) is 5.75 Å². The van der Waals surface area contributed by atoms with Crippen LogP contribution in [0.4, 0.5) is 10.1 Å². The monoisotopic (exact) mass is 341 g/mol. The Bertz CT molecular complexity index is 774. The molecule has 25 heavy (non-hydrogen) atoms. The fourth-order valence-electron chi connectivity index (χ4n) is 2.67. The van der Waals surface area contributed by atoms with Crippen LogP contribution in [0.1, 0.15) is 17.2 Å². The molecule has 130 valence electrons. The minimum atomic E-state index is -0.927. The molecule has 1 saturated heterocycles. The van der Waals surface area contributed by atoms with Crippen LogP contribution in [-0.2, 0) is 4.74 Å². The Kier molecular flexibility index (Phi) is 5.54. The van der Waals surface area contributed by atoms with Crippen molar-refractivity contribution in [1.82, 2.24) is 0 Å². The van der Waals surface area contributed by atoms with Gasteiger partial charge in [0.2, 0.25) is 0 Å². The SMILES string of the molecule is COc1ccc(C#C[C@@H](O)c2ccc(N3CCOCC3)cc2)cc1F. The highest BCUT2D eigenvalue weighted by atomic mass is 19.1. The van der Waals surface area contributed by atoms with Crippen LogP contribution in [0.25, 0.3) is 0 Å². The largest absolute Gasteiger partial charge is 0.494 e. The average molecular weight is 341 g/mol. The summed E-state index contributed by atoms with van der Waals surface area (Å²) in [5.41, 5.74) is 2.30. The molecule has 0 saturated carbocycles. The quantitative estimate of drug-likeness (QED) is 0.872. The number of hydrogen-bond acceptors (Lipinski definition) is 4. The highest BCUT2D eigenvalue weighted by Gasteiger charge is 2.12. The highest BCUT2D eigenvalue weighted by Crippen LogP contribution is 2.21. The number of morpholine rings is 1. The lowest BCUT2D eigenvalue weighted by Crippen LogP contribution is -2.36. The molecule has 4 nitrogen and oxygen atoms in total. The molecular weight excluding hydrogens is 321 g/mol.